The summed E-state index contributed by atoms with van der Waals surface area (Å²) < 4.78 is 2.36. The van der Waals surface area contributed by atoms with Gasteiger partial charge in [-0.25, -0.2) is 5.84 Å². The molecule has 130 valence electrons. The van der Waals surface area contributed by atoms with Crippen molar-refractivity contribution in [3.63, 3.8) is 0 Å². The number of anilines is 1. The number of fused-ring (bicyclic) bond motifs is 7. The third kappa shape index (κ3) is 1.89. The molecule has 6 rings (SSSR count). The number of aromatic nitrogens is 1. The first-order valence-electron chi connectivity index (χ1n) is 9.35. The molecule has 3 heteroatoms. The lowest BCUT2D eigenvalue weighted by molar-refractivity contribution is 0.694. The van der Waals surface area contributed by atoms with Gasteiger partial charge in [-0.05, 0) is 23.8 Å². The predicted octanol–water partition coefficient (Wildman–Crippen LogP) is 5.06. The Balaban J connectivity index is 1.79. The number of hydrazine groups is 1. The molecule has 1 aliphatic carbocycles. The van der Waals surface area contributed by atoms with Crippen molar-refractivity contribution in [2.45, 2.75) is 12.0 Å². The third-order valence-corrected chi connectivity index (χ3v) is 5.90. The van der Waals surface area contributed by atoms with Crippen molar-refractivity contribution in [1.82, 2.24) is 4.57 Å². The molecule has 0 saturated carbocycles. The van der Waals surface area contributed by atoms with Crippen molar-refractivity contribution >= 4 is 27.5 Å². The molecule has 0 amide bonds. The highest BCUT2D eigenvalue weighted by atomic mass is 15.4. The van der Waals surface area contributed by atoms with Crippen LogP contribution in [0.5, 0.6) is 0 Å². The van der Waals surface area contributed by atoms with E-state index in [9.17, 15) is 0 Å². The van der Waals surface area contributed by atoms with E-state index in [-0.39, 0.29) is 6.04 Å². The monoisotopic (exact) mass is 349 g/mol. The Bertz CT molecular complexity index is 1250. The standard InChI is InChI=1S/C24H19N3/c25-27-22-13-7-5-11-18(22)20-15-14-19-17-10-4-6-12-21(17)26(23(19)24(20)27)16-8-2-1-3-9-16/h1-15,18,22H,25H2. The molecule has 0 radical (unpaired) electrons. The Labute approximate surface area is 157 Å². The third-order valence-electron chi connectivity index (χ3n) is 5.90. The van der Waals surface area contributed by atoms with Gasteiger partial charge in [-0.2, -0.15) is 0 Å². The fraction of sp³-hybridized carbons (Fsp3) is 0.0833. The zero-order chi connectivity index (χ0) is 18.0. The lowest BCUT2D eigenvalue weighted by atomic mass is 9.91. The number of nitrogens with zero attached hydrogens (tertiary/aromatic N) is 2. The molecule has 1 aliphatic heterocycles. The maximum Gasteiger partial charge on any atom is 0.0810 e. The van der Waals surface area contributed by atoms with Crippen LogP contribution in [0.4, 0.5) is 5.69 Å². The van der Waals surface area contributed by atoms with E-state index in [1.54, 1.807) is 0 Å². The van der Waals surface area contributed by atoms with Gasteiger partial charge in [0.15, 0.2) is 0 Å². The van der Waals surface area contributed by atoms with E-state index in [0.717, 1.165) is 11.4 Å². The van der Waals surface area contributed by atoms with Crippen LogP contribution in [0, 0.1) is 0 Å². The molecule has 0 saturated heterocycles. The smallest absolute Gasteiger partial charge is 0.0810 e. The zero-order valence-corrected chi connectivity index (χ0v) is 14.8. The van der Waals surface area contributed by atoms with Gasteiger partial charge in [-0.15, -0.1) is 0 Å². The summed E-state index contributed by atoms with van der Waals surface area (Å²) in [4.78, 5) is 0. The second-order valence-corrected chi connectivity index (χ2v) is 7.28. The molecule has 3 aromatic carbocycles. The van der Waals surface area contributed by atoms with Crippen LogP contribution in [0.2, 0.25) is 0 Å². The van der Waals surface area contributed by atoms with Crippen molar-refractivity contribution in [1.29, 1.82) is 0 Å². The molecule has 2 aliphatic rings. The van der Waals surface area contributed by atoms with Crippen LogP contribution in [0.15, 0.2) is 91.0 Å². The second kappa shape index (κ2) is 5.35. The minimum Gasteiger partial charge on any atom is -0.307 e. The van der Waals surface area contributed by atoms with Crippen molar-refractivity contribution in [2.24, 2.45) is 5.84 Å². The maximum atomic E-state index is 6.67. The molecule has 2 N–H and O–H groups in total. The predicted molar refractivity (Wildman–Crippen MR) is 112 cm³/mol. The molecular weight excluding hydrogens is 330 g/mol. The van der Waals surface area contributed by atoms with Gasteiger partial charge < -0.3 is 9.58 Å². The highest BCUT2D eigenvalue weighted by Crippen LogP contribution is 2.48. The molecule has 2 atom stereocenters. The number of benzene rings is 3. The molecule has 0 bridgehead atoms. The van der Waals surface area contributed by atoms with E-state index < -0.39 is 0 Å². The van der Waals surface area contributed by atoms with Crippen LogP contribution in [0.1, 0.15) is 11.5 Å². The van der Waals surface area contributed by atoms with E-state index in [0.29, 0.717) is 5.92 Å². The van der Waals surface area contributed by atoms with Gasteiger partial charge in [0.2, 0.25) is 0 Å². The molecule has 27 heavy (non-hydrogen) atoms. The Morgan fingerprint density at radius 3 is 2.41 bits per heavy atom. The fourth-order valence-electron chi connectivity index (χ4n) is 4.74. The van der Waals surface area contributed by atoms with Crippen LogP contribution in [0.3, 0.4) is 0 Å². The van der Waals surface area contributed by atoms with Gasteiger partial charge in [0.1, 0.15) is 0 Å². The van der Waals surface area contributed by atoms with Crippen molar-refractivity contribution in [2.75, 3.05) is 5.01 Å². The molecule has 4 aromatic rings. The molecule has 0 fully saturated rings. The number of allylic oxidation sites excluding steroid dienone is 2. The summed E-state index contributed by atoms with van der Waals surface area (Å²) >= 11 is 0. The Morgan fingerprint density at radius 1 is 0.741 bits per heavy atom. The summed E-state index contributed by atoms with van der Waals surface area (Å²) in [6.45, 7) is 0. The quantitative estimate of drug-likeness (QED) is 0.488. The van der Waals surface area contributed by atoms with Gasteiger partial charge >= 0.3 is 0 Å². The first kappa shape index (κ1) is 14.8. The molecule has 2 unspecified atom stereocenters. The fourth-order valence-corrected chi connectivity index (χ4v) is 4.74. The number of nitrogens with two attached hydrogens (primary N) is 1. The minimum atomic E-state index is 0.179. The lowest BCUT2D eigenvalue weighted by Gasteiger charge is -2.23. The SMILES string of the molecule is NN1c2c(ccc3c4ccccc4n(-c4ccccc4)c23)C2C=CC=CC21. The molecule has 2 heterocycles. The van der Waals surface area contributed by atoms with Gasteiger partial charge in [0.25, 0.3) is 0 Å². The summed E-state index contributed by atoms with van der Waals surface area (Å²) in [5.74, 6) is 6.98. The first-order valence-corrected chi connectivity index (χ1v) is 9.35. The highest BCUT2D eigenvalue weighted by Gasteiger charge is 2.37. The van der Waals surface area contributed by atoms with Crippen LogP contribution in [-0.2, 0) is 0 Å². The van der Waals surface area contributed by atoms with Gasteiger partial charge in [-0.3, -0.25) is 0 Å². The van der Waals surface area contributed by atoms with E-state index in [2.05, 4.69) is 95.6 Å². The van der Waals surface area contributed by atoms with Gasteiger partial charge in [-0.1, -0.05) is 72.8 Å². The highest BCUT2D eigenvalue weighted by molar-refractivity contribution is 6.14. The topological polar surface area (TPSA) is 34.2 Å². The van der Waals surface area contributed by atoms with E-state index in [1.165, 1.54) is 27.4 Å². The molecular formula is C24H19N3. The number of rotatable bonds is 1. The summed E-state index contributed by atoms with van der Waals surface area (Å²) in [5.41, 5.74) is 6.00. The average Bonchev–Trinajstić information content (AvgIpc) is 3.22. The van der Waals surface area contributed by atoms with Crippen molar-refractivity contribution < 1.29 is 0 Å². The summed E-state index contributed by atoms with van der Waals surface area (Å²) in [6, 6.07) is 23.9. The van der Waals surface area contributed by atoms with Crippen LogP contribution < -0.4 is 10.9 Å². The van der Waals surface area contributed by atoms with Crippen LogP contribution in [0.25, 0.3) is 27.5 Å². The average molecular weight is 349 g/mol. The van der Waals surface area contributed by atoms with E-state index >= 15 is 0 Å². The largest absolute Gasteiger partial charge is 0.307 e. The van der Waals surface area contributed by atoms with Gasteiger partial charge in [0, 0.05) is 22.4 Å². The second-order valence-electron chi connectivity index (χ2n) is 7.28. The Kier molecular flexibility index (Phi) is 2.94. The van der Waals surface area contributed by atoms with Crippen molar-refractivity contribution in [3.05, 3.63) is 96.6 Å². The van der Waals surface area contributed by atoms with Crippen LogP contribution in [-0.4, -0.2) is 10.6 Å². The van der Waals surface area contributed by atoms with E-state index in [4.69, 9.17) is 5.84 Å². The molecule has 3 nitrogen and oxygen atoms in total. The Hall–Kier alpha value is -3.30. The Morgan fingerprint density at radius 2 is 1.52 bits per heavy atom. The summed E-state index contributed by atoms with van der Waals surface area (Å²) in [5, 5.41) is 4.46. The van der Waals surface area contributed by atoms with Crippen molar-refractivity contribution in [3.8, 4) is 5.69 Å². The maximum absolute atomic E-state index is 6.67. The molecule has 1 aromatic heterocycles. The summed E-state index contributed by atoms with van der Waals surface area (Å²) in [6.07, 6.45) is 8.68. The molecule has 0 spiro atoms. The summed E-state index contributed by atoms with van der Waals surface area (Å²) in [7, 11) is 0. The van der Waals surface area contributed by atoms with E-state index in [1.807, 2.05) is 5.01 Å². The lowest BCUT2D eigenvalue weighted by Crippen LogP contribution is -2.38. The van der Waals surface area contributed by atoms with Gasteiger partial charge in [0.05, 0.1) is 22.8 Å². The number of para-hydroxylation sites is 2. The first-order chi connectivity index (χ1) is 13.3. The van der Waals surface area contributed by atoms with Crippen LogP contribution >= 0.6 is 0 Å². The zero-order valence-electron chi connectivity index (χ0n) is 14.8. The minimum absolute atomic E-state index is 0.179. The normalized spacial score (nSPS) is 20.4. The number of hydrogen-bond donors (Lipinski definition) is 1. The number of hydrogen-bond acceptors (Lipinski definition) is 2.